The number of nitrogens with zero attached hydrogens (tertiary/aromatic N) is 2. The van der Waals surface area contributed by atoms with Crippen molar-refractivity contribution in [2.45, 2.75) is 19.3 Å². The topological polar surface area (TPSA) is 8.17 Å². The molecule has 11 aromatic rings. The van der Waals surface area contributed by atoms with E-state index in [2.05, 4.69) is 266 Å². The Morgan fingerprint density at radius 1 is 0.308 bits per heavy atom. The van der Waals surface area contributed by atoms with Crippen LogP contribution >= 0.6 is 0 Å². The molecule has 1 aliphatic rings. The molecule has 2 nitrogen and oxygen atoms in total. The van der Waals surface area contributed by atoms with Gasteiger partial charge >= 0.3 is 0 Å². The second-order valence-corrected chi connectivity index (χ2v) is 17.8. The predicted octanol–water partition coefficient (Wildman–Crippen LogP) is 17.2. The minimum absolute atomic E-state index is 0.0587. The lowest BCUT2D eigenvalue weighted by atomic mass is 9.81. The second-order valence-electron chi connectivity index (χ2n) is 17.8. The summed E-state index contributed by atoms with van der Waals surface area (Å²) in [5.41, 5.74) is 21.9. The number of rotatable bonds is 8. The molecule has 1 aromatic heterocycles. The van der Waals surface area contributed by atoms with E-state index in [9.17, 15) is 0 Å². The van der Waals surface area contributed by atoms with Gasteiger partial charge < -0.3 is 9.47 Å². The minimum atomic E-state index is -0.0587. The third kappa shape index (κ3) is 6.65. The molecule has 0 N–H and O–H groups in total. The molecule has 0 saturated carbocycles. The molecule has 65 heavy (non-hydrogen) atoms. The average Bonchev–Trinajstić information content (AvgIpc) is 3.82. The predicted molar refractivity (Wildman–Crippen MR) is 275 cm³/mol. The van der Waals surface area contributed by atoms with E-state index in [1.807, 2.05) is 0 Å². The first-order chi connectivity index (χ1) is 32.0. The fraction of sp³-hybridized carbons (Fsp3) is 0.0476. The van der Waals surface area contributed by atoms with E-state index in [4.69, 9.17) is 0 Å². The lowest BCUT2D eigenvalue weighted by Gasteiger charge is -2.26. The molecule has 0 spiro atoms. The van der Waals surface area contributed by atoms with Gasteiger partial charge in [0.1, 0.15) is 0 Å². The highest BCUT2D eigenvalue weighted by Crippen LogP contribution is 2.50. The maximum Gasteiger partial charge on any atom is 0.0541 e. The molecule has 1 heterocycles. The molecule has 0 bridgehead atoms. The van der Waals surface area contributed by atoms with Gasteiger partial charge in [-0.2, -0.15) is 0 Å². The summed E-state index contributed by atoms with van der Waals surface area (Å²) < 4.78 is 2.41. The van der Waals surface area contributed by atoms with Crippen LogP contribution in [0.15, 0.2) is 243 Å². The summed E-state index contributed by atoms with van der Waals surface area (Å²) in [5, 5.41) is 2.48. The van der Waals surface area contributed by atoms with E-state index in [0.717, 1.165) is 22.7 Å². The van der Waals surface area contributed by atoms with Gasteiger partial charge in [0.05, 0.1) is 11.0 Å². The highest BCUT2D eigenvalue weighted by molar-refractivity contribution is 6.11. The molecule has 0 fully saturated rings. The van der Waals surface area contributed by atoms with Gasteiger partial charge in [-0.05, 0) is 146 Å². The van der Waals surface area contributed by atoms with Crippen molar-refractivity contribution in [1.82, 2.24) is 4.57 Å². The van der Waals surface area contributed by atoms with Crippen LogP contribution in [-0.4, -0.2) is 4.57 Å². The zero-order valence-electron chi connectivity index (χ0n) is 36.5. The molecule has 2 heteroatoms. The smallest absolute Gasteiger partial charge is 0.0541 e. The lowest BCUT2D eigenvalue weighted by molar-refractivity contribution is 0.660. The van der Waals surface area contributed by atoms with Crippen molar-refractivity contribution >= 4 is 38.9 Å². The van der Waals surface area contributed by atoms with Crippen LogP contribution < -0.4 is 4.90 Å². The van der Waals surface area contributed by atoms with Gasteiger partial charge in [0.25, 0.3) is 0 Å². The zero-order chi connectivity index (χ0) is 43.5. The fourth-order valence-electron chi connectivity index (χ4n) is 10.2. The molecule has 12 rings (SSSR count). The van der Waals surface area contributed by atoms with Crippen LogP contribution in [0.3, 0.4) is 0 Å². The number of anilines is 3. The summed E-state index contributed by atoms with van der Waals surface area (Å²) >= 11 is 0. The third-order valence-corrected chi connectivity index (χ3v) is 13.6. The Labute approximate surface area is 381 Å². The quantitative estimate of drug-likeness (QED) is 0.148. The first kappa shape index (κ1) is 38.5. The van der Waals surface area contributed by atoms with Gasteiger partial charge in [-0.1, -0.05) is 178 Å². The molecule has 0 saturated heterocycles. The summed E-state index contributed by atoms with van der Waals surface area (Å²) in [6, 6.07) is 88.7. The Balaban J connectivity index is 0.940. The lowest BCUT2D eigenvalue weighted by Crippen LogP contribution is -2.14. The third-order valence-electron chi connectivity index (χ3n) is 13.6. The molecular formula is C63H46N2. The largest absolute Gasteiger partial charge is 0.311 e. The molecule has 0 atom stereocenters. The second kappa shape index (κ2) is 15.6. The van der Waals surface area contributed by atoms with Crippen LogP contribution in [0.1, 0.15) is 25.0 Å². The van der Waals surface area contributed by atoms with Crippen molar-refractivity contribution in [3.05, 3.63) is 254 Å². The molecular weight excluding hydrogens is 785 g/mol. The van der Waals surface area contributed by atoms with Crippen molar-refractivity contribution in [1.29, 1.82) is 0 Å². The summed E-state index contributed by atoms with van der Waals surface area (Å²) in [6.07, 6.45) is 0. The maximum atomic E-state index is 2.43. The number of hydrogen-bond acceptors (Lipinski definition) is 1. The maximum absolute atomic E-state index is 2.43. The zero-order valence-corrected chi connectivity index (χ0v) is 36.5. The van der Waals surface area contributed by atoms with Crippen molar-refractivity contribution in [3.63, 3.8) is 0 Å². The molecule has 0 amide bonds. The van der Waals surface area contributed by atoms with E-state index >= 15 is 0 Å². The normalized spacial score (nSPS) is 12.6. The van der Waals surface area contributed by atoms with Gasteiger partial charge in [0.2, 0.25) is 0 Å². The summed E-state index contributed by atoms with van der Waals surface area (Å²) in [7, 11) is 0. The van der Waals surface area contributed by atoms with Crippen LogP contribution in [-0.2, 0) is 5.41 Å². The van der Waals surface area contributed by atoms with E-state index in [-0.39, 0.29) is 5.41 Å². The van der Waals surface area contributed by atoms with Crippen LogP contribution in [0.25, 0.3) is 83.1 Å². The molecule has 0 aliphatic heterocycles. The van der Waals surface area contributed by atoms with Gasteiger partial charge in [-0.3, -0.25) is 0 Å². The molecule has 0 radical (unpaired) electrons. The first-order valence-electron chi connectivity index (χ1n) is 22.6. The van der Waals surface area contributed by atoms with Gasteiger partial charge in [-0.25, -0.2) is 0 Å². The summed E-state index contributed by atoms with van der Waals surface area (Å²) in [5.74, 6) is 0. The number of para-hydroxylation sites is 1. The van der Waals surface area contributed by atoms with E-state index in [1.54, 1.807) is 0 Å². The number of hydrogen-bond donors (Lipinski definition) is 0. The fourth-order valence-corrected chi connectivity index (χ4v) is 10.2. The molecule has 0 unspecified atom stereocenters. The van der Waals surface area contributed by atoms with Crippen LogP contribution in [0, 0.1) is 0 Å². The van der Waals surface area contributed by atoms with E-state index in [1.165, 1.54) is 88.6 Å². The Kier molecular flexibility index (Phi) is 9.21. The van der Waals surface area contributed by atoms with E-state index in [0.29, 0.717) is 0 Å². The van der Waals surface area contributed by atoms with E-state index < -0.39 is 0 Å². The van der Waals surface area contributed by atoms with Crippen molar-refractivity contribution in [2.75, 3.05) is 4.90 Å². The Morgan fingerprint density at radius 2 is 0.677 bits per heavy atom. The number of benzene rings is 10. The Bertz CT molecular complexity index is 3430. The van der Waals surface area contributed by atoms with Crippen LogP contribution in [0.4, 0.5) is 17.1 Å². The van der Waals surface area contributed by atoms with Crippen LogP contribution in [0.5, 0.6) is 0 Å². The monoisotopic (exact) mass is 830 g/mol. The average molecular weight is 831 g/mol. The van der Waals surface area contributed by atoms with Crippen molar-refractivity contribution < 1.29 is 0 Å². The van der Waals surface area contributed by atoms with Gasteiger partial charge in [0.15, 0.2) is 0 Å². The van der Waals surface area contributed by atoms with Crippen molar-refractivity contribution in [3.8, 4) is 61.3 Å². The van der Waals surface area contributed by atoms with Gasteiger partial charge in [-0.15, -0.1) is 0 Å². The molecule has 1 aliphatic carbocycles. The first-order valence-corrected chi connectivity index (χ1v) is 22.6. The molecule has 10 aromatic carbocycles. The number of aromatic nitrogens is 1. The summed E-state index contributed by atoms with van der Waals surface area (Å²) in [4.78, 5) is 2.35. The Hall–Kier alpha value is -8.20. The minimum Gasteiger partial charge on any atom is -0.311 e. The number of fused-ring (bicyclic) bond motifs is 6. The summed E-state index contributed by atoms with van der Waals surface area (Å²) in [6.45, 7) is 4.71. The standard InChI is InChI=1S/C63H46N2/c1-63(2)59-21-13-12-20-55(59)56-37-28-50(42-60(56)63)49-30-39-62-58(41-49)57-40-48(29-38-61(57)65(62)51-18-10-5-11-19-51)47-26-35-54(36-27-47)64(52-31-22-45(23-32-52)43-14-6-3-7-15-43)53-33-24-46(25-34-53)44-16-8-4-9-17-44/h3-42H,1-2H3. The Morgan fingerprint density at radius 3 is 1.20 bits per heavy atom. The highest BCUT2D eigenvalue weighted by atomic mass is 15.1. The van der Waals surface area contributed by atoms with Crippen molar-refractivity contribution in [2.24, 2.45) is 0 Å². The van der Waals surface area contributed by atoms with Gasteiger partial charge in [0, 0.05) is 38.9 Å². The SMILES string of the molecule is CC1(C)c2ccccc2-c2ccc(-c3ccc4c(c3)c3cc(-c5ccc(N(c6ccc(-c7ccccc7)cc6)c6ccc(-c7ccccc7)cc6)cc5)ccc3n4-c3ccccc3)cc21. The highest BCUT2D eigenvalue weighted by Gasteiger charge is 2.35. The molecule has 308 valence electrons. The van der Waals surface area contributed by atoms with Crippen LogP contribution in [0.2, 0.25) is 0 Å².